The molecule has 0 amide bonds. The van der Waals surface area contributed by atoms with Crippen LogP contribution in [0.3, 0.4) is 0 Å². The molecule has 0 radical (unpaired) electrons. The minimum absolute atomic E-state index is 0.257. The first-order valence-corrected chi connectivity index (χ1v) is 7.19. The summed E-state index contributed by atoms with van der Waals surface area (Å²) in [5.41, 5.74) is 3.83. The first kappa shape index (κ1) is 13.1. The van der Waals surface area contributed by atoms with Gasteiger partial charge in [0.15, 0.2) is 0 Å². The number of nitrogens with one attached hydrogen (secondary N) is 1. The maximum Gasteiger partial charge on any atom is 0.127 e. The SMILES string of the molecule is CNC(Cc1cccnc1)c1cccc2c1OCCC2. The van der Waals surface area contributed by atoms with Gasteiger partial charge in [-0.15, -0.1) is 0 Å². The second kappa shape index (κ2) is 6.06. The van der Waals surface area contributed by atoms with E-state index in [-0.39, 0.29) is 6.04 Å². The van der Waals surface area contributed by atoms with Crippen molar-refractivity contribution in [3.63, 3.8) is 0 Å². The third-order valence-electron chi connectivity index (χ3n) is 3.85. The van der Waals surface area contributed by atoms with Gasteiger partial charge in [-0.3, -0.25) is 4.98 Å². The fourth-order valence-electron chi connectivity index (χ4n) is 2.81. The lowest BCUT2D eigenvalue weighted by molar-refractivity contribution is 0.282. The lowest BCUT2D eigenvalue weighted by atomic mass is 9.94. The van der Waals surface area contributed by atoms with Gasteiger partial charge in [0.2, 0.25) is 0 Å². The van der Waals surface area contributed by atoms with Crippen LogP contribution in [0.5, 0.6) is 5.75 Å². The molecule has 1 aromatic heterocycles. The second-order valence-corrected chi connectivity index (χ2v) is 5.19. The molecule has 2 heterocycles. The van der Waals surface area contributed by atoms with Gasteiger partial charge < -0.3 is 10.1 Å². The fourth-order valence-corrected chi connectivity index (χ4v) is 2.81. The number of aromatic nitrogens is 1. The van der Waals surface area contributed by atoms with E-state index < -0.39 is 0 Å². The molecule has 1 N–H and O–H groups in total. The zero-order chi connectivity index (χ0) is 13.8. The van der Waals surface area contributed by atoms with Gasteiger partial charge in [0, 0.05) is 24.0 Å². The summed E-state index contributed by atoms with van der Waals surface area (Å²) in [5.74, 6) is 1.09. The Hall–Kier alpha value is -1.87. The summed E-state index contributed by atoms with van der Waals surface area (Å²) in [6.45, 7) is 0.827. The molecule has 0 saturated heterocycles. The number of likely N-dealkylation sites (N-methyl/N-ethyl adjacent to an activating group) is 1. The molecule has 104 valence electrons. The second-order valence-electron chi connectivity index (χ2n) is 5.19. The van der Waals surface area contributed by atoms with Crippen LogP contribution in [0.4, 0.5) is 0 Å². The number of benzene rings is 1. The molecule has 1 atom stereocenters. The quantitative estimate of drug-likeness (QED) is 0.925. The number of para-hydroxylation sites is 1. The number of rotatable bonds is 4. The first-order chi connectivity index (χ1) is 9.88. The molecule has 3 nitrogen and oxygen atoms in total. The molecule has 2 aromatic rings. The summed E-state index contributed by atoms with van der Waals surface area (Å²) < 4.78 is 5.92. The summed E-state index contributed by atoms with van der Waals surface area (Å²) in [4.78, 5) is 4.19. The van der Waals surface area contributed by atoms with Crippen LogP contribution in [0.25, 0.3) is 0 Å². The molecule has 0 saturated carbocycles. The zero-order valence-electron chi connectivity index (χ0n) is 11.8. The van der Waals surface area contributed by atoms with E-state index in [1.165, 1.54) is 16.7 Å². The van der Waals surface area contributed by atoms with Gasteiger partial charge in [-0.1, -0.05) is 24.3 Å². The third-order valence-corrected chi connectivity index (χ3v) is 3.85. The number of ether oxygens (including phenoxy) is 1. The predicted molar refractivity (Wildman–Crippen MR) is 80.0 cm³/mol. The molecule has 0 spiro atoms. The smallest absolute Gasteiger partial charge is 0.127 e. The molecule has 1 aromatic carbocycles. The van der Waals surface area contributed by atoms with Crippen LogP contribution in [0, 0.1) is 0 Å². The number of fused-ring (bicyclic) bond motifs is 1. The van der Waals surface area contributed by atoms with E-state index in [1.807, 2.05) is 25.5 Å². The molecule has 3 rings (SSSR count). The van der Waals surface area contributed by atoms with Crippen molar-refractivity contribution in [2.45, 2.75) is 25.3 Å². The summed E-state index contributed by atoms with van der Waals surface area (Å²) in [5, 5.41) is 3.41. The Labute approximate surface area is 120 Å². The van der Waals surface area contributed by atoms with Crippen LogP contribution in [0.1, 0.15) is 29.2 Å². The Morgan fingerprint density at radius 1 is 1.30 bits per heavy atom. The topological polar surface area (TPSA) is 34.2 Å². The highest BCUT2D eigenvalue weighted by molar-refractivity contribution is 5.45. The van der Waals surface area contributed by atoms with Crippen molar-refractivity contribution in [2.75, 3.05) is 13.7 Å². The Balaban J connectivity index is 1.90. The largest absolute Gasteiger partial charge is 0.493 e. The third kappa shape index (κ3) is 2.68. The number of hydrogen-bond acceptors (Lipinski definition) is 3. The monoisotopic (exact) mass is 268 g/mol. The van der Waals surface area contributed by atoms with Crippen molar-refractivity contribution in [1.82, 2.24) is 10.3 Å². The Bertz CT molecular complexity index is 568. The molecule has 1 aliphatic heterocycles. The predicted octanol–water partition coefficient (Wildman–Crippen LogP) is 2.91. The van der Waals surface area contributed by atoms with Crippen molar-refractivity contribution in [3.8, 4) is 5.75 Å². The van der Waals surface area contributed by atoms with E-state index in [1.54, 1.807) is 0 Å². The van der Waals surface area contributed by atoms with Gasteiger partial charge in [-0.05, 0) is 43.5 Å². The maximum atomic E-state index is 5.92. The van der Waals surface area contributed by atoms with E-state index in [0.717, 1.165) is 31.6 Å². The number of hydrogen-bond donors (Lipinski definition) is 1. The minimum atomic E-state index is 0.257. The molecular formula is C17H20N2O. The summed E-state index contributed by atoms with van der Waals surface area (Å²) in [7, 11) is 2.00. The van der Waals surface area contributed by atoms with Gasteiger partial charge in [0.1, 0.15) is 5.75 Å². The van der Waals surface area contributed by atoms with Crippen LogP contribution in [0.2, 0.25) is 0 Å². The highest BCUT2D eigenvalue weighted by Crippen LogP contribution is 2.34. The molecule has 0 aliphatic carbocycles. The fraction of sp³-hybridized carbons (Fsp3) is 0.353. The van der Waals surface area contributed by atoms with Crippen molar-refractivity contribution in [3.05, 3.63) is 59.4 Å². The normalized spacial score (nSPS) is 15.2. The maximum absolute atomic E-state index is 5.92. The van der Waals surface area contributed by atoms with E-state index in [0.29, 0.717) is 0 Å². The molecule has 0 fully saturated rings. The molecule has 1 unspecified atom stereocenters. The Morgan fingerprint density at radius 2 is 2.25 bits per heavy atom. The van der Waals surface area contributed by atoms with Crippen molar-refractivity contribution < 1.29 is 4.74 Å². The molecule has 20 heavy (non-hydrogen) atoms. The lowest BCUT2D eigenvalue weighted by Gasteiger charge is -2.25. The standard InChI is InChI=1S/C17H20N2O/c1-18-16(11-13-5-3-9-19-12-13)15-8-2-6-14-7-4-10-20-17(14)15/h2-3,5-6,8-9,12,16,18H,4,7,10-11H2,1H3. The van der Waals surface area contributed by atoms with Crippen molar-refractivity contribution in [1.29, 1.82) is 0 Å². The molecular weight excluding hydrogens is 248 g/mol. The van der Waals surface area contributed by atoms with Crippen LogP contribution < -0.4 is 10.1 Å². The highest BCUT2D eigenvalue weighted by Gasteiger charge is 2.20. The number of nitrogens with zero attached hydrogens (tertiary/aromatic N) is 1. The number of pyridine rings is 1. The van der Waals surface area contributed by atoms with E-state index >= 15 is 0 Å². The summed E-state index contributed by atoms with van der Waals surface area (Å²) >= 11 is 0. The van der Waals surface area contributed by atoms with E-state index in [2.05, 4.69) is 34.6 Å². The van der Waals surface area contributed by atoms with Gasteiger partial charge in [-0.2, -0.15) is 0 Å². The first-order valence-electron chi connectivity index (χ1n) is 7.19. The summed E-state index contributed by atoms with van der Waals surface area (Å²) in [6.07, 6.45) is 6.89. The van der Waals surface area contributed by atoms with Gasteiger partial charge >= 0.3 is 0 Å². The zero-order valence-corrected chi connectivity index (χ0v) is 11.8. The average molecular weight is 268 g/mol. The van der Waals surface area contributed by atoms with Gasteiger partial charge in [0.05, 0.1) is 6.61 Å². The number of aryl methyl sites for hydroxylation is 1. The minimum Gasteiger partial charge on any atom is -0.493 e. The Kier molecular flexibility index (Phi) is 3.97. The van der Waals surface area contributed by atoms with E-state index in [4.69, 9.17) is 4.74 Å². The van der Waals surface area contributed by atoms with Crippen LogP contribution >= 0.6 is 0 Å². The van der Waals surface area contributed by atoms with Crippen LogP contribution in [-0.4, -0.2) is 18.6 Å². The van der Waals surface area contributed by atoms with Crippen molar-refractivity contribution in [2.24, 2.45) is 0 Å². The van der Waals surface area contributed by atoms with Gasteiger partial charge in [-0.25, -0.2) is 0 Å². The van der Waals surface area contributed by atoms with Gasteiger partial charge in [0.25, 0.3) is 0 Å². The molecule has 0 bridgehead atoms. The van der Waals surface area contributed by atoms with Crippen LogP contribution in [0.15, 0.2) is 42.7 Å². The van der Waals surface area contributed by atoms with Crippen LogP contribution in [-0.2, 0) is 12.8 Å². The lowest BCUT2D eigenvalue weighted by Crippen LogP contribution is -2.21. The van der Waals surface area contributed by atoms with Crippen molar-refractivity contribution >= 4 is 0 Å². The van der Waals surface area contributed by atoms with E-state index in [9.17, 15) is 0 Å². The molecule has 3 heteroatoms. The molecule has 1 aliphatic rings. The highest BCUT2D eigenvalue weighted by atomic mass is 16.5. The summed E-state index contributed by atoms with van der Waals surface area (Å²) in [6, 6.07) is 10.8. The Morgan fingerprint density at radius 3 is 3.05 bits per heavy atom. The average Bonchev–Trinajstić information content (AvgIpc) is 2.53.